The lowest BCUT2D eigenvalue weighted by Crippen LogP contribution is -2.50. The molecule has 0 spiro atoms. The molecule has 248 valence electrons. The highest BCUT2D eigenvalue weighted by molar-refractivity contribution is 6.05. The molecule has 3 amide bonds. The average Bonchev–Trinajstić information content (AvgIpc) is 3.60. The van der Waals surface area contributed by atoms with Gasteiger partial charge < -0.3 is 10.2 Å². The van der Waals surface area contributed by atoms with Gasteiger partial charge in [0, 0.05) is 69.5 Å². The van der Waals surface area contributed by atoms with Crippen molar-refractivity contribution in [3.63, 3.8) is 0 Å². The summed E-state index contributed by atoms with van der Waals surface area (Å²) >= 11 is 0. The van der Waals surface area contributed by atoms with Crippen molar-refractivity contribution in [2.24, 2.45) is 0 Å². The number of amides is 3. The van der Waals surface area contributed by atoms with Gasteiger partial charge in [-0.05, 0) is 56.0 Å². The minimum Gasteiger partial charge on any atom is -0.368 e. The van der Waals surface area contributed by atoms with E-state index in [1.165, 1.54) is 6.92 Å². The molecule has 2 saturated heterocycles. The number of Topliss-reactive ketones (excluding diaryl/α,β-unsaturated/α-hetero) is 1. The van der Waals surface area contributed by atoms with Crippen LogP contribution in [0.3, 0.4) is 0 Å². The van der Waals surface area contributed by atoms with E-state index in [-0.39, 0.29) is 35.3 Å². The van der Waals surface area contributed by atoms with Crippen molar-refractivity contribution in [3.8, 4) is 0 Å². The number of carbonyl (C=O) groups is 3. The molecule has 1 aliphatic carbocycles. The Morgan fingerprint density at radius 1 is 0.979 bits per heavy atom. The van der Waals surface area contributed by atoms with E-state index in [1.54, 1.807) is 35.0 Å². The van der Waals surface area contributed by atoms with E-state index in [0.717, 1.165) is 68.8 Å². The molecule has 14 nitrogen and oxygen atoms in total. The zero-order valence-electron chi connectivity index (χ0n) is 27.1. The topological polar surface area (TPSA) is 159 Å². The van der Waals surface area contributed by atoms with Gasteiger partial charge in [-0.1, -0.05) is 12.8 Å². The van der Waals surface area contributed by atoms with Gasteiger partial charge in [-0.25, -0.2) is 14.8 Å². The molecule has 48 heavy (non-hydrogen) atoms. The number of anilines is 4. The van der Waals surface area contributed by atoms with Crippen molar-refractivity contribution in [1.82, 2.24) is 34.7 Å². The summed E-state index contributed by atoms with van der Waals surface area (Å²) in [7, 11) is 0. The van der Waals surface area contributed by atoms with E-state index in [0.29, 0.717) is 41.5 Å². The third-order valence-corrected chi connectivity index (χ3v) is 9.60. The van der Waals surface area contributed by atoms with Crippen LogP contribution in [0, 0.1) is 6.92 Å². The van der Waals surface area contributed by atoms with Crippen molar-refractivity contribution in [3.05, 3.63) is 70.0 Å². The summed E-state index contributed by atoms with van der Waals surface area (Å²) in [6.07, 6.45) is 11.0. The van der Waals surface area contributed by atoms with Crippen LogP contribution in [0.5, 0.6) is 0 Å². The number of imide groups is 1. The zero-order valence-corrected chi connectivity index (χ0v) is 27.1. The van der Waals surface area contributed by atoms with Crippen LogP contribution in [0.2, 0.25) is 0 Å². The highest BCUT2D eigenvalue weighted by Crippen LogP contribution is 2.32. The minimum absolute atomic E-state index is 0.00851. The van der Waals surface area contributed by atoms with Crippen molar-refractivity contribution >= 4 is 51.9 Å². The second-order valence-electron chi connectivity index (χ2n) is 12.6. The van der Waals surface area contributed by atoms with Gasteiger partial charge in [-0.15, -0.1) is 0 Å². The van der Waals surface area contributed by atoms with Crippen molar-refractivity contribution in [2.75, 3.05) is 47.8 Å². The van der Waals surface area contributed by atoms with E-state index in [4.69, 9.17) is 4.98 Å². The number of rotatable bonds is 8. The largest absolute Gasteiger partial charge is 0.368 e. The lowest BCUT2D eigenvalue weighted by molar-refractivity contribution is -0.120. The Morgan fingerprint density at radius 3 is 2.48 bits per heavy atom. The number of aromatic nitrogens is 5. The Labute approximate surface area is 277 Å². The molecule has 2 N–H and O–H groups in total. The SMILES string of the molecule is CC(=O)c1c(C)c2cnc(Nc3ccc(N4CCN(Cc5ccncc5N5CCC(=O)NC5=O)CC4)cn3)nc2n(C2CCCC2)c1=O. The number of hydrogen-bond donors (Lipinski definition) is 2. The smallest absolute Gasteiger partial charge is 0.328 e. The lowest BCUT2D eigenvalue weighted by Gasteiger charge is -2.36. The predicted octanol–water partition coefficient (Wildman–Crippen LogP) is 3.72. The summed E-state index contributed by atoms with van der Waals surface area (Å²) in [4.78, 5) is 74.4. The molecule has 3 fully saturated rings. The number of hydrogen-bond acceptors (Lipinski definition) is 11. The number of aryl methyl sites for hydroxylation is 1. The molecule has 4 aromatic heterocycles. The number of piperazine rings is 1. The van der Waals surface area contributed by atoms with E-state index < -0.39 is 6.03 Å². The number of pyridine rings is 3. The summed E-state index contributed by atoms with van der Waals surface area (Å²) in [5, 5.41) is 6.28. The quantitative estimate of drug-likeness (QED) is 0.268. The number of nitrogens with one attached hydrogen (secondary N) is 2. The standard InChI is InChI=1S/C34H38N10O4/c1-21-26-18-37-33(40-31(26)44(24-5-3-4-6-24)32(47)30(21)22(2)45)38-28-8-7-25(17-36-28)42-15-13-41(14-16-42)20-23-9-11-35-19-27(23)43-12-10-29(46)39-34(43)48/h7-9,11,17-19,24H,3-6,10,12-16,20H2,1-2H3,(H,39,46,48)(H,36,37,38,40). The normalized spacial score (nSPS) is 17.6. The Balaban J connectivity index is 1.02. The fourth-order valence-corrected chi connectivity index (χ4v) is 7.06. The molecular formula is C34H38N10O4. The maximum absolute atomic E-state index is 13.5. The van der Waals surface area contributed by atoms with E-state index >= 15 is 0 Å². The van der Waals surface area contributed by atoms with Gasteiger partial charge in [-0.3, -0.25) is 39.1 Å². The third-order valence-electron chi connectivity index (χ3n) is 9.60. The van der Waals surface area contributed by atoms with Crippen LogP contribution in [-0.4, -0.2) is 79.8 Å². The van der Waals surface area contributed by atoms with Gasteiger partial charge in [0.2, 0.25) is 11.9 Å². The highest BCUT2D eigenvalue weighted by atomic mass is 16.2. The molecule has 4 aromatic rings. The Morgan fingerprint density at radius 2 is 1.77 bits per heavy atom. The van der Waals surface area contributed by atoms with Gasteiger partial charge in [0.05, 0.1) is 29.3 Å². The van der Waals surface area contributed by atoms with Crippen LogP contribution < -0.4 is 26.0 Å². The molecule has 0 aromatic carbocycles. The van der Waals surface area contributed by atoms with E-state index in [9.17, 15) is 19.2 Å². The Bertz CT molecular complexity index is 1950. The van der Waals surface area contributed by atoms with Gasteiger partial charge in [0.25, 0.3) is 5.56 Å². The van der Waals surface area contributed by atoms with E-state index in [1.807, 2.05) is 24.4 Å². The van der Waals surface area contributed by atoms with Gasteiger partial charge in [0.1, 0.15) is 11.5 Å². The van der Waals surface area contributed by atoms with Gasteiger partial charge in [-0.2, -0.15) is 4.98 Å². The van der Waals surface area contributed by atoms with Crippen LogP contribution in [0.4, 0.5) is 27.9 Å². The van der Waals surface area contributed by atoms with Crippen LogP contribution in [0.1, 0.15) is 66.6 Å². The molecule has 0 atom stereocenters. The molecule has 0 unspecified atom stereocenters. The maximum Gasteiger partial charge on any atom is 0.328 e. The molecule has 3 aliphatic rings. The average molecular weight is 651 g/mol. The van der Waals surface area contributed by atoms with Gasteiger partial charge in [0.15, 0.2) is 5.78 Å². The number of fused-ring (bicyclic) bond motifs is 1. The Hall–Kier alpha value is -5.24. The summed E-state index contributed by atoms with van der Waals surface area (Å²) < 4.78 is 1.71. The third kappa shape index (κ3) is 6.10. The molecule has 6 heterocycles. The molecule has 0 radical (unpaired) electrons. The van der Waals surface area contributed by atoms with E-state index in [2.05, 4.69) is 35.4 Å². The van der Waals surface area contributed by atoms with Crippen LogP contribution >= 0.6 is 0 Å². The minimum atomic E-state index is -0.411. The number of urea groups is 1. The summed E-state index contributed by atoms with van der Waals surface area (Å²) in [6, 6.07) is 5.43. The molecule has 7 rings (SSSR count). The number of ketones is 1. The van der Waals surface area contributed by atoms with Crippen molar-refractivity contribution in [1.29, 1.82) is 0 Å². The van der Waals surface area contributed by atoms with Crippen molar-refractivity contribution < 1.29 is 14.4 Å². The zero-order chi connectivity index (χ0) is 33.4. The number of carbonyl (C=O) groups excluding carboxylic acids is 3. The highest BCUT2D eigenvalue weighted by Gasteiger charge is 2.28. The molecule has 14 heteroatoms. The summed E-state index contributed by atoms with van der Waals surface area (Å²) in [5.74, 6) is 0.410. The molecule has 1 saturated carbocycles. The van der Waals surface area contributed by atoms with Crippen LogP contribution in [0.25, 0.3) is 11.0 Å². The lowest BCUT2D eigenvalue weighted by atomic mass is 10.0. The van der Waals surface area contributed by atoms with Crippen molar-refractivity contribution in [2.45, 2.75) is 58.5 Å². The first kappa shape index (κ1) is 31.4. The second kappa shape index (κ2) is 13.1. The first-order chi connectivity index (χ1) is 23.3. The monoisotopic (exact) mass is 650 g/mol. The summed E-state index contributed by atoms with van der Waals surface area (Å²) in [6.45, 7) is 7.49. The van der Waals surface area contributed by atoms with Crippen LogP contribution in [-0.2, 0) is 11.3 Å². The number of nitrogens with zero attached hydrogens (tertiary/aromatic N) is 8. The Kier molecular flexibility index (Phi) is 8.56. The first-order valence-electron chi connectivity index (χ1n) is 16.4. The molecular weight excluding hydrogens is 612 g/mol. The second-order valence-corrected chi connectivity index (χ2v) is 12.6. The maximum atomic E-state index is 13.5. The summed E-state index contributed by atoms with van der Waals surface area (Å²) in [5.41, 5.74) is 3.80. The predicted molar refractivity (Wildman–Crippen MR) is 181 cm³/mol. The molecule has 0 bridgehead atoms. The van der Waals surface area contributed by atoms with Crippen LogP contribution in [0.15, 0.2) is 47.8 Å². The fourth-order valence-electron chi connectivity index (χ4n) is 7.06. The molecule has 2 aliphatic heterocycles. The van der Waals surface area contributed by atoms with Gasteiger partial charge >= 0.3 is 6.03 Å². The fraction of sp³-hybridized carbons (Fsp3) is 0.412. The first-order valence-corrected chi connectivity index (χ1v) is 16.4.